The zero-order valence-corrected chi connectivity index (χ0v) is 10.6. The third-order valence-corrected chi connectivity index (χ3v) is 3.12. The number of thiophene rings is 1. The summed E-state index contributed by atoms with van der Waals surface area (Å²) in [6.07, 6.45) is 2.79. The van der Waals surface area contributed by atoms with Crippen LogP contribution in [0.15, 0.2) is 29.2 Å². The van der Waals surface area contributed by atoms with Gasteiger partial charge in [0.2, 0.25) is 0 Å². The van der Waals surface area contributed by atoms with Crippen LogP contribution < -0.4 is 16.6 Å². The van der Waals surface area contributed by atoms with Crippen molar-refractivity contribution in [2.45, 2.75) is 13.0 Å². The number of carbonyl (C=O) groups is 1. The van der Waals surface area contributed by atoms with Crippen LogP contribution in [0, 0.1) is 0 Å². The molecule has 1 amide bonds. The Morgan fingerprint density at radius 3 is 2.83 bits per heavy atom. The van der Waals surface area contributed by atoms with Crippen molar-refractivity contribution >= 4 is 23.1 Å². The minimum absolute atomic E-state index is 0.0575. The molecule has 2 aromatic heterocycles. The smallest absolute Gasteiger partial charge is 0.271 e. The van der Waals surface area contributed by atoms with Crippen molar-refractivity contribution in [1.29, 1.82) is 0 Å². The zero-order valence-electron chi connectivity index (χ0n) is 9.75. The molecule has 0 aliphatic rings. The third-order valence-electron chi connectivity index (χ3n) is 2.42. The van der Waals surface area contributed by atoms with Gasteiger partial charge in [0.05, 0.1) is 18.4 Å². The second-order valence-corrected chi connectivity index (χ2v) is 4.46. The maximum Gasteiger partial charge on any atom is 0.271 e. The summed E-state index contributed by atoms with van der Waals surface area (Å²) >= 11 is 1.59. The molecule has 2 heterocycles. The molecule has 0 aromatic carbocycles. The van der Waals surface area contributed by atoms with Gasteiger partial charge in [0, 0.05) is 0 Å². The van der Waals surface area contributed by atoms with Crippen LogP contribution in [0.2, 0.25) is 0 Å². The van der Waals surface area contributed by atoms with E-state index in [1.165, 1.54) is 12.4 Å². The molecule has 18 heavy (non-hydrogen) atoms. The van der Waals surface area contributed by atoms with Crippen LogP contribution in [0.4, 0.5) is 5.82 Å². The fourth-order valence-corrected chi connectivity index (χ4v) is 2.15. The lowest BCUT2D eigenvalue weighted by molar-refractivity contribution is 0.0934. The van der Waals surface area contributed by atoms with Crippen LogP contribution in [0.1, 0.15) is 29.0 Å². The monoisotopic (exact) mass is 263 g/mol. The minimum Gasteiger partial charge on any atom is -0.344 e. The molecule has 0 bridgehead atoms. The minimum atomic E-state index is -0.259. The van der Waals surface area contributed by atoms with Gasteiger partial charge in [-0.3, -0.25) is 4.79 Å². The third kappa shape index (κ3) is 2.82. The molecule has 1 atom stereocenters. The molecule has 0 saturated carbocycles. The van der Waals surface area contributed by atoms with E-state index in [-0.39, 0.29) is 17.6 Å². The van der Waals surface area contributed by atoms with Gasteiger partial charge in [0.15, 0.2) is 5.82 Å². The molecule has 0 aliphatic carbocycles. The van der Waals surface area contributed by atoms with E-state index < -0.39 is 0 Å². The summed E-state index contributed by atoms with van der Waals surface area (Å²) in [5.74, 6) is 5.32. The summed E-state index contributed by atoms with van der Waals surface area (Å²) in [5, 5.41) is 6.82. The maximum absolute atomic E-state index is 11.9. The first-order chi connectivity index (χ1) is 8.70. The van der Waals surface area contributed by atoms with E-state index >= 15 is 0 Å². The SMILES string of the molecule is CC(NC(=O)c1cnc(NN)cn1)c1ccsc1. The van der Waals surface area contributed by atoms with Crippen LogP contribution in [0.3, 0.4) is 0 Å². The van der Waals surface area contributed by atoms with Crippen LogP contribution in [-0.2, 0) is 0 Å². The maximum atomic E-state index is 11.9. The molecule has 94 valence electrons. The fourth-order valence-electron chi connectivity index (χ4n) is 1.40. The van der Waals surface area contributed by atoms with Gasteiger partial charge >= 0.3 is 0 Å². The molecule has 2 rings (SSSR count). The molecular formula is C11H13N5OS. The first kappa shape index (κ1) is 12.5. The van der Waals surface area contributed by atoms with E-state index in [2.05, 4.69) is 20.7 Å². The highest BCUT2D eigenvalue weighted by atomic mass is 32.1. The quantitative estimate of drug-likeness (QED) is 0.571. The standard InChI is InChI=1S/C11H13N5OS/c1-7(8-2-3-18-6-8)15-11(17)9-4-14-10(16-12)5-13-9/h2-7H,12H2,1H3,(H,14,16)(H,15,17). The number of nitrogens with two attached hydrogens (primary N) is 1. The lowest BCUT2D eigenvalue weighted by atomic mass is 10.2. The average molecular weight is 263 g/mol. The predicted molar refractivity (Wildman–Crippen MR) is 70.0 cm³/mol. The number of nitrogen functional groups attached to an aromatic ring is 1. The topological polar surface area (TPSA) is 92.9 Å². The summed E-state index contributed by atoms with van der Waals surface area (Å²) in [4.78, 5) is 19.8. The largest absolute Gasteiger partial charge is 0.344 e. The number of amides is 1. The molecule has 4 N–H and O–H groups in total. The Balaban J connectivity index is 2.03. The Hall–Kier alpha value is -1.99. The van der Waals surface area contributed by atoms with Gasteiger partial charge in [-0.05, 0) is 29.3 Å². The van der Waals surface area contributed by atoms with E-state index in [1.807, 2.05) is 23.8 Å². The Morgan fingerprint density at radius 2 is 2.28 bits per heavy atom. The Labute approximate surface area is 108 Å². The van der Waals surface area contributed by atoms with Gasteiger partial charge in [-0.15, -0.1) is 0 Å². The summed E-state index contributed by atoms with van der Waals surface area (Å²) in [6.45, 7) is 1.92. The number of hydrazine groups is 1. The lowest BCUT2D eigenvalue weighted by Gasteiger charge is -2.11. The van der Waals surface area contributed by atoms with Gasteiger partial charge in [0.1, 0.15) is 5.69 Å². The molecule has 1 unspecified atom stereocenters. The van der Waals surface area contributed by atoms with Crippen molar-refractivity contribution in [3.8, 4) is 0 Å². The van der Waals surface area contributed by atoms with Crippen molar-refractivity contribution in [1.82, 2.24) is 15.3 Å². The Morgan fingerprint density at radius 1 is 1.44 bits per heavy atom. The summed E-state index contributed by atoms with van der Waals surface area (Å²) in [7, 11) is 0. The number of rotatable bonds is 4. The van der Waals surface area contributed by atoms with Gasteiger partial charge in [-0.25, -0.2) is 15.8 Å². The first-order valence-electron chi connectivity index (χ1n) is 5.32. The number of carbonyl (C=O) groups excluding carboxylic acids is 1. The molecule has 0 radical (unpaired) electrons. The number of hydrogen-bond acceptors (Lipinski definition) is 6. The Kier molecular flexibility index (Phi) is 3.85. The van der Waals surface area contributed by atoms with Crippen molar-refractivity contribution in [3.05, 3.63) is 40.5 Å². The van der Waals surface area contributed by atoms with Crippen molar-refractivity contribution in [3.63, 3.8) is 0 Å². The number of aromatic nitrogens is 2. The molecule has 0 spiro atoms. The lowest BCUT2D eigenvalue weighted by Crippen LogP contribution is -2.27. The number of nitrogens with one attached hydrogen (secondary N) is 2. The van der Waals surface area contributed by atoms with E-state index in [0.717, 1.165) is 5.56 Å². The fraction of sp³-hybridized carbons (Fsp3) is 0.182. The summed E-state index contributed by atoms with van der Waals surface area (Å²) in [5.41, 5.74) is 3.68. The number of anilines is 1. The molecule has 2 aromatic rings. The zero-order chi connectivity index (χ0) is 13.0. The number of hydrogen-bond donors (Lipinski definition) is 3. The van der Waals surface area contributed by atoms with Crippen molar-refractivity contribution < 1.29 is 4.79 Å². The first-order valence-corrected chi connectivity index (χ1v) is 6.26. The van der Waals surface area contributed by atoms with Crippen LogP contribution in [-0.4, -0.2) is 15.9 Å². The van der Waals surface area contributed by atoms with Gasteiger partial charge in [0.25, 0.3) is 5.91 Å². The van der Waals surface area contributed by atoms with E-state index in [9.17, 15) is 4.79 Å². The molecule has 0 fully saturated rings. The summed E-state index contributed by atoms with van der Waals surface area (Å²) < 4.78 is 0. The highest BCUT2D eigenvalue weighted by Gasteiger charge is 2.13. The second kappa shape index (κ2) is 5.56. The predicted octanol–water partition coefficient (Wildman–Crippen LogP) is 1.31. The molecule has 0 saturated heterocycles. The van der Waals surface area contributed by atoms with Crippen LogP contribution in [0.25, 0.3) is 0 Å². The molecule has 0 aliphatic heterocycles. The van der Waals surface area contributed by atoms with E-state index in [4.69, 9.17) is 5.84 Å². The highest BCUT2D eigenvalue weighted by molar-refractivity contribution is 7.07. The molecule has 7 heteroatoms. The second-order valence-electron chi connectivity index (χ2n) is 3.68. The van der Waals surface area contributed by atoms with Gasteiger partial charge in [-0.1, -0.05) is 0 Å². The highest BCUT2D eigenvalue weighted by Crippen LogP contribution is 2.15. The van der Waals surface area contributed by atoms with Crippen LogP contribution >= 0.6 is 11.3 Å². The van der Waals surface area contributed by atoms with E-state index in [0.29, 0.717) is 5.82 Å². The van der Waals surface area contributed by atoms with Gasteiger partial charge in [-0.2, -0.15) is 11.3 Å². The van der Waals surface area contributed by atoms with Crippen molar-refractivity contribution in [2.75, 3.05) is 5.43 Å². The summed E-state index contributed by atoms with van der Waals surface area (Å²) in [6, 6.07) is 1.92. The van der Waals surface area contributed by atoms with Gasteiger partial charge < -0.3 is 10.7 Å². The Bertz CT molecular complexity index is 511. The normalized spacial score (nSPS) is 11.9. The molecular weight excluding hydrogens is 250 g/mol. The van der Waals surface area contributed by atoms with Crippen LogP contribution in [0.5, 0.6) is 0 Å². The van der Waals surface area contributed by atoms with Crippen molar-refractivity contribution in [2.24, 2.45) is 5.84 Å². The number of nitrogens with zero attached hydrogens (tertiary/aromatic N) is 2. The van der Waals surface area contributed by atoms with E-state index in [1.54, 1.807) is 11.3 Å². The molecule has 6 nitrogen and oxygen atoms in total. The average Bonchev–Trinajstić information content (AvgIpc) is 2.92.